The molecule has 0 saturated heterocycles. The molecule has 0 aliphatic carbocycles. The van der Waals surface area contributed by atoms with Crippen LogP contribution >= 0.6 is 0 Å². The smallest absolute Gasteiger partial charge is 0.263 e. The fourth-order valence-corrected chi connectivity index (χ4v) is 1.16. The number of amides is 1. The van der Waals surface area contributed by atoms with Crippen molar-refractivity contribution < 1.29 is 9.53 Å². The molecule has 0 radical (unpaired) electrons. The van der Waals surface area contributed by atoms with Gasteiger partial charge in [0.05, 0.1) is 6.10 Å². The molecule has 0 heterocycles. The van der Waals surface area contributed by atoms with Gasteiger partial charge in [0.15, 0.2) is 0 Å². The molecule has 0 aromatic carbocycles. The van der Waals surface area contributed by atoms with Crippen molar-refractivity contribution in [2.75, 3.05) is 13.2 Å². The Morgan fingerprint density at radius 2 is 2.06 bits per heavy atom. The molecule has 0 rings (SSSR count). The molecule has 0 saturated carbocycles. The number of hydrogen-bond donors (Lipinski definition) is 2. The summed E-state index contributed by atoms with van der Waals surface area (Å²) in [5.41, 5.74) is 0.0912. The number of nitrogens with zero attached hydrogens (tertiary/aromatic N) is 1. The first-order valence-corrected chi connectivity index (χ1v) is 6.23. The SMILES string of the molecule is CC(C)NC(=O)/C(C#N)=C\NCCCOC(C)C. The zero-order chi connectivity index (χ0) is 14.0. The zero-order valence-electron chi connectivity index (χ0n) is 11.6. The largest absolute Gasteiger partial charge is 0.390 e. The third-order valence-electron chi connectivity index (χ3n) is 1.95. The van der Waals surface area contributed by atoms with Gasteiger partial charge in [-0.2, -0.15) is 5.26 Å². The average Bonchev–Trinajstić information content (AvgIpc) is 2.26. The molecule has 5 nitrogen and oxygen atoms in total. The quantitative estimate of drug-likeness (QED) is 0.389. The highest BCUT2D eigenvalue weighted by Crippen LogP contribution is 1.93. The van der Waals surface area contributed by atoms with E-state index in [1.807, 2.05) is 33.8 Å². The summed E-state index contributed by atoms with van der Waals surface area (Å²) in [7, 11) is 0. The summed E-state index contributed by atoms with van der Waals surface area (Å²) < 4.78 is 5.37. The van der Waals surface area contributed by atoms with E-state index in [0.29, 0.717) is 13.2 Å². The highest BCUT2D eigenvalue weighted by atomic mass is 16.5. The van der Waals surface area contributed by atoms with Crippen LogP contribution in [0, 0.1) is 11.3 Å². The van der Waals surface area contributed by atoms with Crippen molar-refractivity contribution in [3.05, 3.63) is 11.8 Å². The molecule has 102 valence electrons. The van der Waals surface area contributed by atoms with Gasteiger partial charge in [0.2, 0.25) is 0 Å². The van der Waals surface area contributed by atoms with Crippen molar-refractivity contribution in [1.29, 1.82) is 5.26 Å². The van der Waals surface area contributed by atoms with Gasteiger partial charge < -0.3 is 15.4 Å². The highest BCUT2D eigenvalue weighted by molar-refractivity contribution is 5.97. The van der Waals surface area contributed by atoms with E-state index in [4.69, 9.17) is 10.00 Å². The minimum atomic E-state index is -0.349. The van der Waals surface area contributed by atoms with E-state index in [-0.39, 0.29) is 23.6 Å². The molecule has 2 N–H and O–H groups in total. The van der Waals surface area contributed by atoms with Gasteiger partial charge in [-0.25, -0.2) is 0 Å². The third kappa shape index (κ3) is 8.59. The summed E-state index contributed by atoms with van der Waals surface area (Å²) in [6.07, 6.45) is 2.51. The molecular weight excluding hydrogens is 230 g/mol. The number of carbonyl (C=O) groups is 1. The van der Waals surface area contributed by atoms with E-state index in [2.05, 4.69) is 10.6 Å². The van der Waals surface area contributed by atoms with Crippen LogP contribution in [0.4, 0.5) is 0 Å². The second-order valence-electron chi connectivity index (χ2n) is 4.53. The average molecular weight is 253 g/mol. The van der Waals surface area contributed by atoms with E-state index >= 15 is 0 Å². The number of rotatable bonds is 8. The molecule has 5 heteroatoms. The van der Waals surface area contributed by atoms with Gasteiger partial charge >= 0.3 is 0 Å². The topological polar surface area (TPSA) is 74.2 Å². The van der Waals surface area contributed by atoms with Gasteiger partial charge in [0.1, 0.15) is 11.6 Å². The Hall–Kier alpha value is -1.54. The van der Waals surface area contributed by atoms with E-state index in [0.717, 1.165) is 6.42 Å². The van der Waals surface area contributed by atoms with Crippen molar-refractivity contribution >= 4 is 5.91 Å². The Morgan fingerprint density at radius 1 is 1.39 bits per heavy atom. The molecule has 0 unspecified atom stereocenters. The number of ether oxygens (including phenoxy) is 1. The van der Waals surface area contributed by atoms with Crippen LogP contribution in [-0.4, -0.2) is 31.2 Å². The monoisotopic (exact) mass is 253 g/mol. The number of hydrogen-bond acceptors (Lipinski definition) is 4. The Kier molecular flexibility index (Phi) is 8.67. The van der Waals surface area contributed by atoms with E-state index in [1.54, 1.807) is 0 Å². The molecule has 18 heavy (non-hydrogen) atoms. The molecule has 0 atom stereocenters. The molecule has 0 bridgehead atoms. The fraction of sp³-hybridized carbons (Fsp3) is 0.692. The standard InChI is InChI=1S/C13H23N3O2/c1-10(2)16-13(17)12(8-14)9-15-6-5-7-18-11(3)4/h9-11,15H,5-7H2,1-4H3,(H,16,17)/b12-9-. The van der Waals surface area contributed by atoms with Gasteiger partial charge in [0, 0.05) is 25.4 Å². The van der Waals surface area contributed by atoms with E-state index in [1.165, 1.54) is 6.20 Å². The summed E-state index contributed by atoms with van der Waals surface area (Å²) in [6, 6.07) is 1.89. The van der Waals surface area contributed by atoms with E-state index in [9.17, 15) is 4.79 Å². The normalized spacial score (nSPS) is 11.5. The lowest BCUT2D eigenvalue weighted by molar-refractivity contribution is -0.117. The summed E-state index contributed by atoms with van der Waals surface area (Å²) in [6.45, 7) is 9.01. The van der Waals surface area contributed by atoms with Crippen molar-refractivity contribution in [3.63, 3.8) is 0 Å². The summed E-state index contributed by atoms with van der Waals surface area (Å²) in [5.74, 6) is -0.349. The molecule has 0 aromatic heterocycles. The minimum absolute atomic E-state index is 0.0219. The first-order valence-electron chi connectivity index (χ1n) is 6.23. The van der Waals surface area contributed by atoms with Crippen molar-refractivity contribution in [2.24, 2.45) is 0 Å². The number of nitrogens with one attached hydrogen (secondary N) is 2. The van der Waals surface area contributed by atoms with Gasteiger partial charge in [-0.1, -0.05) is 0 Å². The summed E-state index contributed by atoms with van der Waals surface area (Å²) >= 11 is 0. The molecule has 0 aromatic rings. The van der Waals surface area contributed by atoms with Crippen LogP contribution in [0.15, 0.2) is 11.8 Å². The van der Waals surface area contributed by atoms with Crippen LogP contribution in [0.25, 0.3) is 0 Å². The lowest BCUT2D eigenvalue weighted by atomic mass is 10.2. The fourth-order valence-electron chi connectivity index (χ4n) is 1.16. The zero-order valence-corrected chi connectivity index (χ0v) is 11.6. The van der Waals surface area contributed by atoms with Crippen molar-refractivity contribution in [1.82, 2.24) is 10.6 Å². The summed E-state index contributed by atoms with van der Waals surface area (Å²) in [4.78, 5) is 11.5. The third-order valence-corrected chi connectivity index (χ3v) is 1.95. The maximum Gasteiger partial charge on any atom is 0.263 e. The van der Waals surface area contributed by atoms with Gasteiger partial charge in [-0.15, -0.1) is 0 Å². The van der Waals surface area contributed by atoms with Crippen LogP contribution < -0.4 is 10.6 Å². The second kappa shape index (κ2) is 9.49. The highest BCUT2D eigenvalue weighted by Gasteiger charge is 2.08. The molecule has 0 aliphatic rings. The second-order valence-corrected chi connectivity index (χ2v) is 4.53. The van der Waals surface area contributed by atoms with Gasteiger partial charge in [-0.3, -0.25) is 4.79 Å². The maximum atomic E-state index is 11.5. The Labute approximate surface area is 109 Å². The van der Waals surface area contributed by atoms with Crippen LogP contribution in [-0.2, 0) is 9.53 Å². The van der Waals surface area contributed by atoms with Crippen molar-refractivity contribution in [3.8, 4) is 6.07 Å². The first kappa shape index (κ1) is 16.5. The van der Waals surface area contributed by atoms with Crippen LogP contribution in [0.2, 0.25) is 0 Å². The van der Waals surface area contributed by atoms with Crippen LogP contribution in [0.5, 0.6) is 0 Å². The lowest BCUT2D eigenvalue weighted by Gasteiger charge is -2.08. The maximum absolute atomic E-state index is 11.5. The Bertz CT molecular complexity index is 317. The first-order chi connectivity index (χ1) is 8.47. The molecule has 0 spiro atoms. The molecular formula is C13H23N3O2. The molecule has 0 aliphatic heterocycles. The van der Waals surface area contributed by atoms with Crippen LogP contribution in [0.3, 0.4) is 0 Å². The predicted molar refractivity (Wildman–Crippen MR) is 70.7 cm³/mol. The van der Waals surface area contributed by atoms with Crippen LogP contribution in [0.1, 0.15) is 34.1 Å². The van der Waals surface area contributed by atoms with Crippen molar-refractivity contribution in [2.45, 2.75) is 46.3 Å². The molecule has 1 amide bonds. The van der Waals surface area contributed by atoms with E-state index < -0.39 is 0 Å². The predicted octanol–water partition coefficient (Wildman–Crippen LogP) is 1.32. The number of nitriles is 1. The molecule has 0 fully saturated rings. The lowest BCUT2D eigenvalue weighted by Crippen LogP contribution is -2.31. The Morgan fingerprint density at radius 3 is 2.56 bits per heavy atom. The van der Waals surface area contributed by atoms with Gasteiger partial charge in [0.25, 0.3) is 5.91 Å². The number of carbonyl (C=O) groups excluding carboxylic acids is 1. The summed E-state index contributed by atoms with van der Waals surface area (Å²) in [5, 5.41) is 14.4. The van der Waals surface area contributed by atoms with Gasteiger partial charge in [-0.05, 0) is 34.1 Å². The Balaban J connectivity index is 3.92. The minimum Gasteiger partial charge on any atom is -0.390 e.